The first-order valence-corrected chi connectivity index (χ1v) is 9.57. The SMILES string of the molecule is CC(=O)N1CCCN(S(=O)(=O)CCC2CCCCN2)CC1. The number of carbonyl (C=O) groups excluding carboxylic acids is 1. The van der Waals surface area contributed by atoms with E-state index in [1.807, 2.05) is 0 Å². The molecule has 2 rings (SSSR count). The van der Waals surface area contributed by atoms with E-state index in [0.29, 0.717) is 38.6 Å². The van der Waals surface area contributed by atoms with Crippen LogP contribution in [0.1, 0.15) is 39.0 Å². The second-order valence-electron chi connectivity index (χ2n) is 6.01. The Kier molecular flexibility index (Phi) is 6.01. The van der Waals surface area contributed by atoms with Gasteiger partial charge in [0.25, 0.3) is 0 Å². The Morgan fingerprint density at radius 1 is 1.14 bits per heavy atom. The van der Waals surface area contributed by atoms with Gasteiger partial charge in [-0.1, -0.05) is 6.42 Å². The maximum absolute atomic E-state index is 12.5. The molecule has 0 saturated carbocycles. The molecule has 2 saturated heterocycles. The Morgan fingerprint density at radius 3 is 2.62 bits per heavy atom. The standard InChI is InChI=1S/C14H27N3O3S/c1-13(18)16-8-4-9-17(11-10-16)21(19,20)12-6-14-5-2-3-7-15-14/h14-15H,2-12H2,1H3. The van der Waals surface area contributed by atoms with E-state index in [9.17, 15) is 13.2 Å². The van der Waals surface area contributed by atoms with Gasteiger partial charge in [-0.05, 0) is 32.2 Å². The molecular weight excluding hydrogens is 290 g/mol. The number of amides is 1. The van der Waals surface area contributed by atoms with E-state index in [1.54, 1.807) is 16.1 Å². The fourth-order valence-corrected chi connectivity index (χ4v) is 4.69. The number of hydrogen-bond acceptors (Lipinski definition) is 4. The zero-order valence-electron chi connectivity index (χ0n) is 12.9. The molecule has 1 atom stereocenters. The van der Waals surface area contributed by atoms with Crippen LogP contribution in [0.4, 0.5) is 0 Å². The van der Waals surface area contributed by atoms with Gasteiger partial charge >= 0.3 is 0 Å². The molecule has 2 fully saturated rings. The third kappa shape index (κ3) is 4.93. The minimum atomic E-state index is -3.20. The van der Waals surface area contributed by atoms with Gasteiger partial charge in [-0.15, -0.1) is 0 Å². The van der Waals surface area contributed by atoms with Crippen LogP contribution in [0, 0.1) is 0 Å². The lowest BCUT2D eigenvalue weighted by atomic mass is 10.0. The van der Waals surface area contributed by atoms with Gasteiger partial charge in [-0.3, -0.25) is 4.79 Å². The molecule has 2 aliphatic heterocycles. The topological polar surface area (TPSA) is 69.7 Å². The number of rotatable bonds is 4. The fourth-order valence-electron chi connectivity index (χ4n) is 3.08. The smallest absolute Gasteiger partial charge is 0.219 e. The van der Waals surface area contributed by atoms with Crippen LogP contribution >= 0.6 is 0 Å². The molecule has 2 aliphatic rings. The van der Waals surface area contributed by atoms with E-state index >= 15 is 0 Å². The molecule has 7 heteroatoms. The molecule has 2 heterocycles. The summed E-state index contributed by atoms with van der Waals surface area (Å²) in [5, 5.41) is 3.39. The van der Waals surface area contributed by atoms with Gasteiger partial charge in [-0.2, -0.15) is 0 Å². The van der Waals surface area contributed by atoms with E-state index in [2.05, 4.69) is 5.32 Å². The summed E-state index contributed by atoms with van der Waals surface area (Å²) in [6, 6.07) is 0.342. The Balaban J connectivity index is 1.85. The highest BCUT2D eigenvalue weighted by Crippen LogP contribution is 2.14. The van der Waals surface area contributed by atoms with Crippen molar-refractivity contribution >= 4 is 15.9 Å². The third-order valence-corrected chi connectivity index (χ3v) is 6.33. The highest BCUT2D eigenvalue weighted by Gasteiger charge is 2.26. The Bertz CT molecular complexity index is 446. The third-order valence-electron chi connectivity index (χ3n) is 4.43. The van der Waals surface area contributed by atoms with Crippen LogP contribution in [0.5, 0.6) is 0 Å². The van der Waals surface area contributed by atoms with Crippen molar-refractivity contribution in [3.8, 4) is 0 Å². The molecule has 0 bridgehead atoms. The molecular formula is C14H27N3O3S. The van der Waals surface area contributed by atoms with Crippen molar-refractivity contribution in [2.24, 2.45) is 0 Å². The second kappa shape index (κ2) is 7.56. The highest BCUT2D eigenvalue weighted by atomic mass is 32.2. The van der Waals surface area contributed by atoms with Crippen molar-refractivity contribution in [3.05, 3.63) is 0 Å². The number of hydrogen-bond donors (Lipinski definition) is 1. The second-order valence-corrected chi connectivity index (χ2v) is 8.10. The lowest BCUT2D eigenvalue weighted by Crippen LogP contribution is -2.40. The van der Waals surface area contributed by atoms with Crippen LogP contribution in [0.15, 0.2) is 0 Å². The number of piperidine rings is 1. The highest BCUT2D eigenvalue weighted by molar-refractivity contribution is 7.89. The molecule has 6 nitrogen and oxygen atoms in total. The first kappa shape index (κ1) is 16.7. The summed E-state index contributed by atoms with van der Waals surface area (Å²) in [5.41, 5.74) is 0. The normalized spacial score (nSPS) is 25.6. The molecule has 1 N–H and O–H groups in total. The minimum Gasteiger partial charge on any atom is -0.342 e. The summed E-state index contributed by atoms with van der Waals surface area (Å²) in [5.74, 6) is 0.241. The van der Waals surface area contributed by atoms with Crippen molar-refractivity contribution in [1.29, 1.82) is 0 Å². The van der Waals surface area contributed by atoms with Crippen molar-refractivity contribution in [2.45, 2.75) is 45.1 Å². The first-order chi connectivity index (χ1) is 9.99. The molecule has 122 valence electrons. The van der Waals surface area contributed by atoms with Crippen LogP contribution in [-0.4, -0.2) is 68.0 Å². The molecule has 0 aromatic carbocycles. The van der Waals surface area contributed by atoms with Crippen LogP contribution in [0.2, 0.25) is 0 Å². The largest absolute Gasteiger partial charge is 0.342 e. The fraction of sp³-hybridized carbons (Fsp3) is 0.929. The molecule has 0 spiro atoms. The average Bonchev–Trinajstić information content (AvgIpc) is 2.73. The van der Waals surface area contributed by atoms with Gasteiger partial charge in [0.1, 0.15) is 0 Å². The predicted molar refractivity (Wildman–Crippen MR) is 82.5 cm³/mol. The van der Waals surface area contributed by atoms with E-state index in [0.717, 1.165) is 19.4 Å². The molecule has 0 aromatic rings. The molecule has 0 radical (unpaired) electrons. The van der Waals surface area contributed by atoms with E-state index in [-0.39, 0.29) is 11.7 Å². The lowest BCUT2D eigenvalue weighted by molar-refractivity contribution is -0.128. The van der Waals surface area contributed by atoms with Crippen LogP contribution in [0.3, 0.4) is 0 Å². The van der Waals surface area contributed by atoms with Crippen molar-refractivity contribution in [3.63, 3.8) is 0 Å². The van der Waals surface area contributed by atoms with Crippen LogP contribution in [0.25, 0.3) is 0 Å². The predicted octanol–water partition coefficient (Wildman–Crippen LogP) is 0.403. The molecule has 21 heavy (non-hydrogen) atoms. The Morgan fingerprint density at radius 2 is 1.95 bits per heavy atom. The van der Waals surface area contributed by atoms with Crippen molar-refractivity contribution < 1.29 is 13.2 Å². The summed E-state index contributed by atoms with van der Waals surface area (Å²) in [6.45, 7) is 4.67. The monoisotopic (exact) mass is 317 g/mol. The van der Waals surface area contributed by atoms with Gasteiger partial charge in [0, 0.05) is 39.1 Å². The van der Waals surface area contributed by atoms with Gasteiger partial charge in [-0.25, -0.2) is 12.7 Å². The quantitative estimate of drug-likeness (QED) is 0.815. The first-order valence-electron chi connectivity index (χ1n) is 7.96. The van der Waals surface area contributed by atoms with Gasteiger partial charge in [0.05, 0.1) is 5.75 Å². The Hall–Kier alpha value is -0.660. The minimum absolute atomic E-state index is 0.0284. The summed E-state index contributed by atoms with van der Waals surface area (Å²) in [6.07, 6.45) is 4.87. The molecule has 1 unspecified atom stereocenters. The summed E-state index contributed by atoms with van der Waals surface area (Å²) in [7, 11) is -3.20. The van der Waals surface area contributed by atoms with E-state index in [4.69, 9.17) is 0 Å². The average molecular weight is 317 g/mol. The number of carbonyl (C=O) groups is 1. The molecule has 1 amide bonds. The Labute approximate surface area is 127 Å². The summed E-state index contributed by atoms with van der Waals surface area (Å²) < 4.78 is 26.5. The molecule has 0 aliphatic carbocycles. The number of nitrogens with zero attached hydrogens (tertiary/aromatic N) is 2. The zero-order valence-corrected chi connectivity index (χ0v) is 13.7. The van der Waals surface area contributed by atoms with Gasteiger partial charge in [0.15, 0.2) is 0 Å². The maximum atomic E-state index is 12.5. The maximum Gasteiger partial charge on any atom is 0.219 e. The van der Waals surface area contributed by atoms with E-state index in [1.165, 1.54) is 12.8 Å². The number of nitrogens with one attached hydrogen (secondary N) is 1. The van der Waals surface area contributed by atoms with Crippen LogP contribution in [-0.2, 0) is 14.8 Å². The van der Waals surface area contributed by atoms with E-state index < -0.39 is 10.0 Å². The van der Waals surface area contributed by atoms with Gasteiger partial charge in [0.2, 0.25) is 15.9 Å². The summed E-state index contributed by atoms with van der Waals surface area (Å²) >= 11 is 0. The van der Waals surface area contributed by atoms with Crippen molar-refractivity contribution in [2.75, 3.05) is 38.5 Å². The van der Waals surface area contributed by atoms with Crippen LogP contribution < -0.4 is 5.32 Å². The lowest BCUT2D eigenvalue weighted by Gasteiger charge is -2.25. The zero-order chi connectivity index (χ0) is 15.3. The summed E-state index contributed by atoms with van der Waals surface area (Å²) in [4.78, 5) is 13.1. The van der Waals surface area contributed by atoms with Gasteiger partial charge < -0.3 is 10.2 Å². The number of sulfonamides is 1. The molecule has 0 aromatic heterocycles. The van der Waals surface area contributed by atoms with Crippen molar-refractivity contribution in [1.82, 2.24) is 14.5 Å².